The van der Waals surface area contributed by atoms with Gasteiger partial charge in [0, 0.05) is 24.7 Å². The first-order chi connectivity index (χ1) is 8.28. The molecule has 0 spiro atoms. The van der Waals surface area contributed by atoms with Crippen LogP contribution in [0.4, 0.5) is 4.79 Å². The van der Waals surface area contributed by atoms with Crippen molar-refractivity contribution in [2.45, 2.75) is 45.2 Å². The number of carbonyl (C=O) groups excluding carboxylic acids is 2. The quantitative estimate of drug-likeness (QED) is 0.666. The molecule has 0 atom stereocenters. The summed E-state index contributed by atoms with van der Waals surface area (Å²) in [6.07, 6.45) is 1.68. The minimum Gasteiger partial charge on any atom is -0.351 e. The first kappa shape index (κ1) is 14.8. The smallest absolute Gasteiger partial charge is 0.314 e. The van der Waals surface area contributed by atoms with Crippen molar-refractivity contribution < 1.29 is 9.59 Å². The molecule has 6 nitrogen and oxygen atoms in total. The van der Waals surface area contributed by atoms with Gasteiger partial charge in [-0.3, -0.25) is 4.79 Å². The van der Waals surface area contributed by atoms with E-state index in [2.05, 4.69) is 10.6 Å². The van der Waals surface area contributed by atoms with Gasteiger partial charge in [0.1, 0.15) is 0 Å². The van der Waals surface area contributed by atoms with Crippen molar-refractivity contribution in [1.82, 2.24) is 15.5 Å². The van der Waals surface area contributed by atoms with Gasteiger partial charge in [0.15, 0.2) is 0 Å². The maximum atomic E-state index is 11.6. The van der Waals surface area contributed by atoms with E-state index in [-0.39, 0.29) is 23.5 Å². The Labute approximate surface area is 108 Å². The zero-order chi connectivity index (χ0) is 13.8. The number of nitrogens with zero attached hydrogens (tertiary/aromatic N) is 1. The van der Waals surface area contributed by atoms with E-state index in [1.165, 1.54) is 0 Å². The molecule has 1 fully saturated rings. The molecule has 0 radical (unpaired) electrons. The van der Waals surface area contributed by atoms with Gasteiger partial charge < -0.3 is 21.3 Å². The number of hydrogen-bond acceptors (Lipinski definition) is 3. The Morgan fingerprint density at radius 2 is 1.83 bits per heavy atom. The first-order valence-electron chi connectivity index (χ1n) is 6.37. The van der Waals surface area contributed by atoms with Crippen LogP contribution in [0.25, 0.3) is 0 Å². The second-order valence-corrected chi connectivity index (χ2v) is 5.78. The molecular formula is C12H24N4O2. The summed E-state index contributed by atoms with van der Waals surface area (Å²) in [4.78, 5) is 24.2. The van der Waals surface area contributed by atoms with E-state index in [9.17, 15) is 9.59 Å². The van der Waals surface area contributed by atoms with E-state index in [1.54, 1.807) is 4.90 Å². The number of nitrogens with two attached hydrogens (primary N) is 1. The van der Waals surface area contributed by atoms with Crippen LogP contribution in [0, 0.1) is 0 Å². The number of rotatable bonds is 3. The van der Waals surface area contributed by atoms with Crippen molar-refractivity contribution in [2.75, 3.05) is 19.6 Å². The van der Waals surface area contributed by atoms with E-state index in [4.69, 9.17) is 5.73 Å². The lowest BCUT2D eigenvalue weighted by Gasteiger charge is -2.31. The van der Waals surface area contributed by atoms with Crippen molar-refractivity contribution >= 4 is 11.9 Å². The van der Waals surface area contributed by atoms with Crippen molar-refractivity contribution in [3.8, 4) is 0 Å². The highest BCUT2D eigenvalue weighted by atomic mass is 16.2. The Kier molecular flexibility index (Phi) is 4.95. The SMILES string of the molecule is CC(C)(C)NC(=O)CNC1CCN(C(N)=O)CC1. The Morgan fingerprint density at radius 3 is 2.28 bits per heavy atom. The van der Waals surface area contributed by atoms with Crippen LogP contribution < -0.4 is 16.4 Å². The topological polar surface area (TPSA) is 87.5 Å². The normalized spacial score (nSPS) is 17.6. The Bertz CT molecular complexity index is 304. The van der Waals surface area contributed by atoms with Crippen LogP contribution in [0.3, 0.4) is 0 Å². The standard InChI is InChI=1S/C12H24N4O2/c1-12(2,3)15-10(17)8-14-9-4-6-16(7-5-9)11(13)18/h9,14H,4-8H2,1-3H3,(H2,13,18)(H,15,17). The average Bonchev–Trinajstić information content (AvgIpc) is 2.24. The monoisotopic (exact) mass is 256 g/mol. The van der Waals surface area contributed by atoms with Crippen LogP contribution in [-0.4, -0.2) is 48.1 Å². The zero-order valence-corrected chi connectivity index (χ0v) is 11.5. The summed E-state index contributed by atoms with van der Waals surface area (Å²) in [5, 5.41) is 6.11. The van der Waals surface area contributed by atoms with Gasteiger partial charge in [0.2, 0.25) is 5.91 Å². The molecule has 0 saturated carbocycles. The maximum Gasteiger partial charge on any atom is 0.314 e. The van der Waals surface area contributed by atoms with E-state index in [0.29, 0.717) is 19.6 Å². The molecule has 0 aliphatic carbocycles. The number of likely N-dealkylation sites (tertiary alicyclic amines) is 1. The molecule has 0 aromatic carbocycles. The van der Waals surface area contributed by atoms with Gasteiger partial charge in [0.25, 0.3) is 0 Å². The lowest BCUT2D eigenvalue weighted by atomic mass is 10.1. The number of piperidine rings is 1. The number of primary amides is 1. The van der Waals surface area contributed by atoms with Gasteiger partial charge in [-0.1, -0.05) is 0 Å². The van der Waals surface area contributed by atoms with Crippen LogP contribution in [0.15, 0.2) is 0 Å². The predicted molar refractivity (Wildman–Crippen MR) is 70.1 cm³/mol. The van der Waals surface area contributed by atoms with Crippen LogP contribution in [0.5, 0.6) is 0 Å². The van der Waals surface area contributed by atoms with E-state index in [0.717, 1.165) is 12.8 Å². The molecule has 0 unspecified atom stereocenters. The molecule has 1 aliphatic heterocycles. The first-order valence-corrected chi connectivity index (χ1v) is 6.37. The molecule has 1 rings (SSSR count). The third-order valence-electron chi connectivity index (χ3n) is 2.87. The third kappa shape index (κ3) is 5.35. The molecule has 0 aromatic rings. The van der Waals surface area contributed by atoms with Crippen LogP contribution >= 0.6 is 0 Å². The molecule has 4 N–H and O–H groups in total. The summed E-state index contributed by atoms with van der Waals surface area (Å²) in [5.41, 5.74) is 5.01. The molecule has 1 saturated heterocycles. The third-order valence-corrected chi connectivity index (χ3v) is 2.87. The maximum absolute atomic E-state index is 11.6. The van der Waals surface area contributed by atoms with E-state index < -0.39 is 0 Å². The van der Waals surface area contributed by atoms with Crippen molar-refractivity contribution in [3.63, 3.8) is 0 Å². The molecule has 3 amide bonds. The fraction of sp³-hybridized carbons (Fsp3) is 0.833. The molecule has 6 heteroatoms. The highest BCUT2D eigenvalue weighted by Crippen LogP contribution is 2.09. The van der Waals surface area contributed by atoms with Gasteiger partial charge in [-0.15, -0.1) is 0 Å². The summed E-state index contributed by atoms with van der Waals surface area (Å²) in [6.45, 7) is 7.50. The number of urea groups is 1. The van der Waals surface area contributed by atoms with Gasteiger partial charge in [-0.2, -0.15) is 0 Å². The second-order valence-electron chi connectivity index (χ2n) is 5.78. The summed E-state index contributed by atoms with van der Waals surface area (Å²) < 4.78 is 0. The molecule has 0 aromatic heterocycles. The lowest BCUT2D eigenvalue weighted by Crippen LogP contribution is -2.50. The minimum atomic E-state index is -0.362. The molecule has 1 heterocycles. The van der Waals surface area contributed by atoms with E-state index >= 15 is 0 Å². The van der Waals surface area contributed by atoms with Crippen molar-refractivity contribution in [2.24, 2.45) is 5.73 Å². The Balaban J connectivity index is 2.22. The van der Waals surface area contributed by atoms with Crippen LogP contribution in [0.1, 0.15) is 33.6 Å². The average molecular weight is 256 g/mol. The van der Waals surface area contributed by atoms with E-state index in [1.807, 2.05) is 20.8 Å². The summed E-state index contributed by atoms with van der Waals surface area (Å²) >= 11 is 0. The van der Waals surface area contributed by atoms with Gasteiger partial charge >= 0.3 is 6.03 Å². The minimum absolute atomic E-state index is 0.000157. The highest BCUT2D eigenvalue weighted by molar-refractivity contribution is 5.78. The number of carbonyl (C=O) groups is 2. The fourth-order valence-corrected chi connectivity index (χ4v) is 2.00. The second kappa shape index (κ2) is 6.04. The molecular weight excluding hydrogens is 232 g/mol. The van der Waals surface area contributed by atoms with Crippen molar-refractivity contribution in [1.29, 1.82) is 0 Å². The predicted octanol–water partition coefficient (Wildman–Crippen LogP) is 0.0338. The van der Waals surface area contributed by atoms with Gasteiger partial charge in [0.05, 0.1) is 6.54 Å². The zero-order valence-electron chi connectivity index (χ0n) is 11.5. The lowest BCUT2D eigenvalue weighted by molar-refractivity contribution is -0.121. The summed E-state index contributed by atoms with van der Waals surface area (Å²) in [6, 6.07) is -0.0785. The molecule has 18 heavy (non-hydrogen) atoms. The van der Waals surface area contributed by atoms with Crippen LogP contribution in [-0.2, 0) is 4.79 Å². The molecule has 0 bridgehead atoms. The van der Waals surface area contributed by atoms with Gasteiger partial charge in [-0.05, 0) is 33.6 Å². The van der Waals surface area contributed by atoms with Gasteiger partial charge in [-0.25, -0.2) is 4.79 Å². The Morgan fingerprint density at radius 1 is 1.28 bits per heavy atom. The Hall–Kier alpha value is -1.30. The highest BCUT2D eigenvalue weighted by Gasteiger charge is 2.21. The fourth-order valence-electron chi connectivity index (χ4n) is 2.00. The summed E-state index contributed by atoms with van der Waals surface area (Å²) in [7, 11) is 0. The van der Waals surface area contributed by atoms with Crippen LogP contribution in [0.2, 0.25) is 0 Å². The summed E-state index contributed by atoms with van der Waals surface area (Å²) in [5.74, 6) is -0.000157. The van der Waals surface area contributed by atoms with Crippen molar-refractivity contribution in [3.05, 3.63) is 0 Å². The largest absolute Gasteiger partial charge is 0.351 e. The number of hydrogen-bond donors (Lipinski definition) is 3. The number of nitrogens with one attached hydrogen (secondary N) is 2. The number of amides is 3. The molecule has 104 valence electrons. The molecule has 1 aliphatic rings.